The monoisotopic (exact) mass is 313 g/mol. The lowest BCUT2D eigenvalue weighted by Crippen LogP contribution is -2.24. The van der Waals surface area contributed by atoms with Crippen LogP contribution < -0.4 is 5.43 Å². The molecule has 0 radical (unpaired) electrons. The Morgan fingerprint density at radius 1 is 1.18 bits per heavy atom. The van der Waals surface area contributed by atoms with Crippen molar-refractivity contribution in [2.45, 2.75) is 6.54 Å². The van der Waals surface area contributed by atoms with E-state index in [9.17, 15) is 4.79 Å². The van der Waals surface area contributed by atoms with E-state index < -0.39 is 0 Å². The number of hydrazone groups is 1. The van der Waals surface area contributed by atoms with Gasteiger partial charge in [-0.05, 0) is 29.8 Å². The zero-order valence-electron chi connectivity index (χ0n) is 11.5. The first-order chi connectivity index (χ1) is 10.7. The van der Waals surface area contributed by atoms with Gasteiger partial charge in [0.1, 0.15) is 17.6 Å². The summed E-state index contributed by atoms with van der Waals surface area (Å²) in [5, 5.41) is 12.9. The number of amides is 1. The molecule has 2 aromatic carbocycles. The van der Waals surface area contributed by atoms with E-state index in [0.717, 1.165) is 16.6 Å². The number of nitrogens with one attached hydrogen (secondary N) is 1. The molecule has 0 saturated heterocycles. The Morgan fingerprint density at radius 3 is 2.59 bits per heavy atom. The summed E-state index contributed by atoms with van der Waals surface area (Å²) in [7, 11) is 0. The van der Waals surface area contributed by atoms with Gasteiger partial charge in [0, 0.05) is 5.02 Å². The van der Waals surface area contributed by atoms with Crippen LogP contribution in [-0.4, -0.2) is 27.1 Å². The van der Waals surface area contributed by atoms with Gasteiger partial charge in [0.05, 0.1) is 6.21 Å². The number of hydrogen-bond donors (Lipinski definition) is 1. The fourth-order valence-corrected chi connectivity index (χ4v) is 2.10. The lowest BCUT2D eigenvalue weighted by atomic mass is 10.2. The third kappa shape index (κ3) is 3.48. The molecule has 0 aliphatic carbocycles. The van der Waals surface area contributed by atoms with Crippen molar-refractivity contribution in [3.8, 4) is 0 Å². The molecule has 1 heterocycles. The van der Waals surface area contributed by atoms with E-state index in [2.05, 4.69) is 20.7 Å². The van der Waals surface area contributed by atoms with Crippen molar-refractivity contribution < 1.29 is 4.79 Å². The van der Waals surface area contributed by atoms with Gasteiger partial charge in [-0.1, -0.05) is 35.9 Å². The minimum absolute atomic E-state index is 0.00155. The first-order valence-corrected chi connectivity index (χ1v) is 6.96. The molecule has 0 spiro atoms. The average Bonchev–Trinajstić information content (AvgIpc) is 2.89. The van der Waals surface area contributed by atoms with Crippen LogP contribution in [0.15, 0.2) is 53.6 Å². The summed E-state index contributed by atoms with van der Waals surface area (Å²) < 4.78 is 0. The van der Waals surface area contributed by atoms with Crippen molar-refractivity contribution in [2.24, 2.45) is 5.10 Å². The van der Waals surface area contributed by atoms with Gasteiger partial charge in [-0.2, -0.15) is 20.1 Å². The molecule has 110 valence electrons. The number of nitrogens with zero attached hydrogens (tertiary/aromatic N) is 4. The fourth-order valence-electron chi connectivity index (χ4n) is 1.90. The fraction of sp³-hybridized carbons (Fsp3) is 0.0667. The van der Waals surface area contributed by atoms with Crippen molar-refractivity contribution in [2.75, 3.05) is 0 Å². The lowest BCUT2D eigenvalue weighted by Gasteiger charge is -1.98. The van der Waals surface area contributed by atoms with Crippen LogP contribution in [0.4, 0.5) is 0 Å². The molecule has 6 nitrogen and oxygen atoms in total. The third-order valence-electron chi connectivity index (χ3n) is 2.86. The van der Waals surface area contributed by atoms with E-state index in [1.807, 2.05) is 36.4 Å². The summed E-state index contributed by atoms with van der Waals surface area (Å²) in [4.78, 5) is 13.1. The number of halogens is 1. The van der Waals surface area contributed by atoms with E-state index in [4.69, 9.17) is 11.6 Å². The van der Waals surface area contributed by atoms with E-state index in [-0.39, 0.29) is 12.5 Å². The molecule has 0 fully saturated rings. The number of carbonyl (C=O) groups is 1. The van der Waals surface area contributed by atoms with Crippen molar-refractivity contribution >= 4 is 34.8 Å². The predicted molar refractivity (Wildman–Crippen MR) is 84.7 cm³/mol. The molecule has 1 amide bonds. The molecule has 22 heavy (non-hydrogen) atoms. The molecular weight excluding hydrogens is 302 g/mol. The Morgan fingerprint density at radius 2 is 1.91 bits per heavy atom. The number of rotatable bonds is 4. The lowest BCUT2D eigenvalue weighted by molar-refractivity contribution is -0.122. The van der Waals surface area contributed by atoms with Gasteiger partial charge < -0.3 is 0 Å². The van der Waals surface area contributed by atoms with Gasteiger partial charge in [-0.25, -0.2) is 5.43 Å². The highest BCUT2D eigenvalue weighted by atomic mass is 35.5. The van der Waals surface area contributed by atoms with Gasteiger partial charge in [0.2, 0.25) is 0 Å². The maximum absolute atomic E-state index is 11.8. The standard InChI is InChI=1S/C15H12ClN5O/c16-12-5-3-4-11(8-12)9-17-18-15(22)10-21-19-13-6-1-2-7-14(13)20-21/h1-9H,10H2,(H,18,22). The summed E-state index contributed by atoms with van der Waals surface area (Å²) >= 11 is 5.86. The minimum atomic E-state index is -0.307. The van der Waals surface area contributed by atoms with E-state index in [0.29, 0.717) is 5.02 Å². The Balaban J connectivity index is 1.60. The largest absolute Gasteiger partial charge is 0.271 e. The summed E-state index contributed by atoms with van der Waals surface area (Å²) in [6.45, 7) is 0.00155. The van der Waals surface area contributed by atoms with Gasteiger partial charge in [0.15, 0.2) is 0 Å². The summed E-state index contributed by atoms with van der Waals surface area (Å²) in [5.41, 5.74) is 4.73. The van der Waals surface area contributed by atoms with E-state index in [1.54, 1.807) is 12.1 Å². The van der Waals surface area contributed by atoms with Crippen LogP contribution in [0.5, 0.6) is 0 Å². The molecule has 1 aromatic heterocycles. The average molecular weight is 314 g/mol. The normalized spacial score (nSPS) is 11.1. The summed E-state index contributed by atoms with van der Waals surface area (Å²) in [6.07, 6.45) is 1.52. The van der Waals surface area contributed by atoms with Crippen LogP contribution in [0.2, 0.25) is 5.02 Å². The molecular formula is C15H12ClN5O. The highest BCUT2D eigenvalue weighted by molar-refractivity contribution is 6.30. The van der Waals surface area contributed by atoms with Crippen LogP contribution in [-0.2, 0) is 11.3 Å². The Labute approximate surface area is 131 Å². The molecule has 0 atom stereocenters. The van der Waals surface area contributed by atoms with Crippen molar-refractivity contribution in [3.05, 3.63) is 59.1 Å². The van der Waals surface area contributed by atoms with Gasteiger partial charge in [-0.15, -0.1) is 0 Å². The molecule has 0 unspecified atom stereocenters. The van der Waals surface area contributed by atoms with Crippen LogP contribution in [0.3, 0.4) is 0 Å². The molecule has 7 heteroatoms. The number of carbonyl (C=O) groups excluding carboxylic acids is 1. The quantitative estimate of drug-likeness (QED) is 0.593. The first-order valence-electron chi connectivity index (χ1n) is 6.58. The molecule has 0 aliphatic heterocycles. The van der Waals surface area contributed by atoms with Crippen molar-refractivity contribution in [1.29, 1.82) is 0 Å². The highest BCUT2D eigenvalue weighted by Crippen LogP contribution is 2.08. The molecule has 3 rings (SSSR count). The molecule has 0 aliphatic rings. The second kappa shape index (κ2) is 6.36. The molecule has 1 N–H and O–H groups in total. The van der Waals surface area contributed by atoms with Gasteiger partial charge in [-0.3, -0.25) is 4.79 Å². The topological polar surface area (TPSA) is 72.2 Å². The van der Waals surface area contributed by atoms with E-state index in [1.165, 1.54) is 11.0 Å². The maximum Gasteiger partial charge on any atom is 0.263 e. The number of fused-ring (bicyclic) bond motifs is 1. The van der Waals surface area contributed by atoms with Crippen molar-refractivity contribution in [1.82, 2.24) is 20.4 Å². The first kappa shape index (κ1) is 14.2. The number of benzene rings is 2. The Hall–Kier alpha value is -2.73. The Bertz CT molecular complexity index is 810. The number of aromatic nitrogens is 3. The van der Waals surface area contributed by atoms with Crippen LogP contribution in [0.1, 0.15) is 5.56 Å². The number of hydrogen-bond acceptors (Lipinski definition) is 4. The van der Waals surface area contributed by atoms with Crippen molar-refractivity contribution in [3.63, 3.8) is 0 Å². The second-order valence-corrected chi connectivity index (χ2v) is 5.00. The third-order valence-corrected chi connectivity index (χ3v) is 3.10. The summed E-state index contributed by atoms with van der Waals surface area (Å²) in [6, 6.07) is 14.6. The van der Waals surface area contributed by atoms with Crippen LogP contribution >= 0.6 is 11.6 Å². The van der Waals surface area contributed by atoms with Gasteiger partial charge >= 0.3 is 0 Å². The second-order valence-electron chi connectivity index (χ2n) is 4.57. The Kier molecular flexibility index (Phi) is 4.11. The summed E-state index contributed by atoms with van der Waals surface area (Å²) in [5.74, 6) is -0.307. The highest BCUT2D eigenvalue weighted by Gasteiger charge is 2.05. The smallest absolute Gasteiger partial charge is 0.263 e. The predicted octanol–water partition coefficient (Wildman–Crippen LogP) is 2.24. The van der Waals surface area contributed by atoms with E-state index >= 15 is 0 Å². The zero-order valence-corrected chi connectivity index (χ0v) is 12.2. The molecule has 0 bridgehead atoms. The molecule has 0 saturated carbocycles. The molecule has 3 aromatic rings. The SMILES string of the molecule is O=C(Cn1nc2ccccc2n1)NN=Cc1cccc(Cl)c1. The van der Waals surface area contributed by atoms with Gasteiger partial charge in [0.25, 0.3) is 5.91 Å². The zero-order chi connectivity index (χ0) is 15.4. The van der Waals surface area contributed by atoms with Crippen LogP contribution in [0, 0.1) is 0 Å². The minimum Gasteiger partial charge on any atom is -0.271 e. The van der Waals surface area contributed by atoms with Crippen LogP contribution in [0.25, 0.3) is 11.0 Å². The maximum atomic E-state index is 11.8.